The van der Waals surface area contributed by atoms with E-state index in [1.165, 1.54) is 21.8 Å². The molecule has 0 N–H and O–H groups in total. The van der Waals surface area contributed by atoms with E-state index in [9.17, 15) is 0 Å². The molecule has 1 radical (unpaired) electrons. The van der Waals surface area contributed by atoms with Crippen LogP contribution in [0.3, 0.4) is 0 Å². The van der Waals surface area contributed by atoms with E-state index in [1.54, 1.807) is 5.55 Å². The highest BCUT2D eigenvalue weighted by Crippen LogP contribution is 2.15. The fourth-order valence-electron chi connectivity index (χ4n) is 0.115. The van der Waals surface area contributed by atoms with Crippen LogP contribution in [0.15, 0.2) is 10.3 Å². The first kappa shape index (κ1) is 4.14. The normalized spacial score (nSPS) is 18.7. The molecule has 0 fully saturated rings. The average molecular weight is 119 g/mol. The lowest BCUT2D eigenvalue weighted by molar-refractivity contribution is 1.06. The van der Waals surface area contributed by atoms with Crippen molar-refractivity contribution >= 4 is 27.3 Å². The lowest BCUT2D eigenvalue weighted by atomic mass is 11.7. The monoisotopic (exact) mass is 119 g/mol. The predicted molar refractivity (Wildman–Crippen MR) is 28.2 cm³/mol. The first-order valence-corrected chi connectivity index (χ1v) is 3.41. The Bertz CT molecular complexity index is 74.8. The van der Waals surface area contributed by atoms with E-state index in [0.29, 0.717) is 0 Å². The molecule has 0 atom stereocenters. The fraction of sp³-hybridized carbons (Fsp3) is 0. The number of nitrogens with zero attached hydrogens (tertiary/aromatic N) is 3. The Morgan fingerprint density at radius 2 is 2.67 bits per heavy atom. The molecular formula is CHN3S2+. The highest BCUT2D eigenvalue weighted by molar-refractivity contribution is 8.80. The van der Waals surface area contributed by atoms with Gasteiger partial charge in [0.25, 0.3) is 0 Å². The predicted octanol–water partition coefficient (Wildman–Crippen LogP) is 1.03. The van der Waals surface area contributed by atoms with Crippen LogP contribution in [-0.2, 0) is 0 Å². The minimum Gasteiger partial charge on any atom is 0.0387 e. The Balaban J connectivity index is 2.46. The van der Waals surface area contributed by atoms with Crippen LogP contribution in [0.2, 0.25) is 0 Å². The van der Waals surface area contributed by atoms with E-state index in [-0.39, 0.29) is 0 Å². The van der Waals surface area contributed by atoms with Crippen molar-refractivity contribution in [2.75, 3.05) is 0 Å². The molecule has 3 nitrogen and oxygen atoms in total. The van der Waals surface area contributed by atoms with Crippen molar-refractivity contribution in [2.24, 2.45) is 10.3 Å². The standard InChI is InChI=1S/CHN3S2/c1-2-3-4-6-5-1/h1H/q+1. The van der Waals surface area contributed by atoms with Crippen LogP contribution in [0.25, 0.3) is 0 Å². The van der Waals surface area contributed by atoms with Gasteiger partial charge in [0.1, 0.15) is 4.52 Å². The first-order valence-electron chi connectivity index (χ1n) is 1.24. The van der Waals surface area contributed by atoms with E-state index in [4.69, 9.17) is 0 Å². The van der Waals surface area contributed by atoms with Crippen LogP contribution >= 0.6 is 21.8 Å². The maximum absolute atomic E-state index is 3.48. The molecule has 0 spiro atoms. The zero-order valence-corrected chi connectivity index (χ0v) is 4.37. The van der Waals surface area contributed by atoms with Gasteiger partial charge < -0.3 is 0 Å². The van der Waals surface area contributed by atoms with E-state index >= 15 is 0 Å². The molecule has 0 aromatic carbocycles. The Labute approximate surface area is 42.8 Å². The quantitative estimate of drug-likeness (QED) is 0.353. The van der Waals surface area contributed by atoms with Crippen LogP contribution in [0.1, 0.15) is 0 Å². The third kappa shape index (κ3) is 0.983. The van der Waals surface area contributed by atoms with Gasteiger partial charge in [-0.3, -0.25) is 0 Å². The molecule has 0 saturated heterocycles. The molecule has 0 unspecified atom stereocenters. The lowest BCUT2D eigenvalue weighted by Gasteiger charge is -1.68. The minimum absolute atomic E-state index is 1.32. The fourth-order valence-corrected chi connectivity index (χ4v) is 0.780. The van der Waals surface area contributed by atoms with Crippen molar-refractivity contribution in [3.05, 3.63) is 0 Å². The molecule has 1 aliphatic heterocycles. The van der Waals surface area contributed by atoms with Crippen molar-refractivity contribution < 1.29 is 0 Å². The first-order chi connectivity index (χ1) is 3.00. The molecule has 0 aromatic rings. The average Bonchev–Trinajstić information content (AvgIpc) is 1.72. The van der Waals surface area contributed by atoms with E-state index in [1.807, 2.05) is 0 Å². The Kier molecular flexibility index (Phi) is 1.52. The van der Waals surface area contributed by atoms with Crippen LogP contribution < -0.4 is 4.52 Å². The van der Waals surface area contributed by atoms with Gasteiger partial charge >= 0.3 is 0 Å². The second-order valence-electron chi connectivity index (χ2n) is 0.563. The summed E-state index contributed by atoms with van der Waals surface area (Å²) in [6.07, 6.45) is 0. The lowest BCUT2D eigenvalue weighted by Crippen LogP contribution is -1.70. The summed E-state index contributed by atoms with van der Waals surface area (Å²) in [5, 5.41) is 6.77. The summed E-state index contributed by atoms with van der Waals surface area (Å²) < 4.78 is 3.48. The Morgan fingerprint density at radius 1 is 1.67 bits per heavy atom. The van der Waals surface area contributed by atoms with Crippen LogP contribution in [0.5, 0.6) is 0 Å². The van der Waals surface area contributed by atoms with Crippen molar-refractivity contribution in [3.63, 3.8) is 0 Å². The molecule has 0 bridgehead atoms. The molecule has 31 valence electrons. The largest absolute Gasteiger partial charge is 0.218 e. The van der Waals surface area contributed by atoms with Gasteiger partial charge in [0.05, 0.1) is 5.10 Å². The van der Waals surface area contributed by atoms with Crippen LogP contribution in [0, 0.1) is 0 Å². The highest BCUT2D eigenvalue weighted by atomic mass is 33.1. The van der Waals surface area contributed by atoms with Crippen molar-refractivity contribution in [1.29, 1.82) is 0 Å². The Hall–Kier alpha value is -0.0300. The maximum atomic E-state index is 3.48. The maximum Gasteiger partial charge on any atom is 0.218 e. The van der Waals surface area contributed by atoms with Crippen LogP contribution in [0.4, 0.5) is 0 Å². The zero-order valence-electron chi connectivity index (χ0n) is 2.74. The molecule has 5 heteroatoms. The molecule has 0 saturated carbocycles. The molecule has 6 heavy (non-hydrogen) atoms. The SMILES string of the molecule is C1=NN=[N+]SS1. The summed E-state index contributed by atoms with van der Waals surface area (Å²) in [5.41, 5.74) is 1.64. The summed E-state index contributed by atoms with van der Waals surface area (Å²) in [6.45, 7) is 0. The summed E-state index contributed by atoms with van der Waals surface area (Å²) in [5.74, 6) is 0. The van der Waals surface area contributed by atoms with E-state index < -0.39 is 0 Å². The molecule has 0 aromatic heterocycles. The van der Waals surface area contributed by atoms with Gasteiger partial charge in [-0.15, -0.1) is 0 Å². The van der Waals surface area contributed by atoms with Gasteiger partial charge in [-0.05, 0) is 0 Å². The molecule has 1 rings (SSSR count). The van der Waals surface area contributed by atoms with Gasteiger partial charge in [-0.2, -0.15) is 0 Å². The van der Waals surface area contributed by atoms with Crippen molar-refractivity contribution in [3.8, 4) is 0 Å². The van der Waals surface area contributed by atoms with Gasteiger partial charge in [-0.1, -0.05) is 0 Å². The van der Waals surface area contributed by atoms with Crippen molar-refractivity contribution in [2.45, 2.75) is 0 Å². The highest BCUT2D eigenvalue weighted by Gasteiger charge is 1.97. The zero-order chi connectivity index (χ0) is 4.24. The van der Waals surface area contributed by atoms with Crippen LogP contribution in [-0.4, -0.2) is 5.55 Å². The summed E-state index contributed by atoms with van der Waals surface area (Å²) >= 11 is 0. The topological polar surface area (TPSA) is 38.8 Å². The molecule has 1 aliphatic rings. The number of rotatable bonds is 0. The van der Waals surface area contributed by atoms with Crippen molar-refractivity contribution in [1.82, 2.24) is 4.52 Å². The number of hydrogen-bond donors (Lipinski definition) is 0. The van der Waals surface area contributed by atoms with Gasteiger partial charge in [-0.25, -0.2) is 0 Å². The van der Waals surface area contributed by atoms with E-state index in [2.05, 4.69) is 14.8 Å². The Morgan fingerprint density at radius 3 is 2.83 bits per heavy atom. The van der Waals surface area contributed by atoms with Gasteiger partial charge in [0.2, 0.25) is 16.5 Å². The van der Waals surface area contributed by atoms with E-state index in [0.717, 1.165) is 0 Å². The van der Waals surface area contributed by atoms with Gasteiger partial charge in [0.15, 0.2) is 5.22 Å². The molecule has 0 amide bonds. The minimum atomic E-state index is 1.32. The third-order valence-electron chi connectivity index (χ3n) is 0.255. The number of hydrogen-bond acceptors (Lipinski definition) is 5. The van der Waals surface area contributed by atoms with Gasteiger partial charge in [0, 0.05) is 10.8 Å². The molecule has 0 aliphatic carbocycles. The summed E-state index contributed by atoms with van der Waals surface area (Å²) in [4.78, 5) is 0. The third-order valence-corrected chi connectivity index (χ3v) is 1.38. The molecular weight excluding hydrogens is 118 g/mol. The summed E-state index contributed by atoms with van der Waals surface area (Å²) in [7, 11) is 2.78. The molecule has 1 heterocycles. The second kappa shape index (κ2) is 2.20. The second-order valence-corrected chi connectivity index (χ2v) is 2.30. The smallest absolute Gasteiger partial charge is 0.0387 e. The summed E-state index contributed by atoms with van der Waals surface area (Å²) in [6, 6.07) is 0.